The third kappa shape index (κ3) is 3.02. The van der Waals surface area contributed by atoms with Gasteiger partial charge >= 0.3 is 6.18 Å². The van der Waals surface area contributed by atoms with Gasteiger partial charge in [0.15, 0.2) is 5.69 Å². The highest BCUT2D eigenvalue weighted by molar-refractivity contribution is 14.1. The molecule has 0 unspecified atom stereocenters. The maximum Gasteiger partial charge on any atom is 0.434 e. The van der Waals surface area contributed by atoms with E-state index in [1.807, 2.05) is 0 Å². The molecule has 2 nitrogen and oxygen atoms in total. The van der Waals surface area contributed by atoms with Crippen molar-refractivity contribution in [2.75, 3.05) is 0 Å². The number of aromatic nitrogens is 1. The van der Waals surface area contributed by atoms with Gasteiger partial charge in [-0.15, -0.1) is 0 Å². The predicted molar refractivity (Wildman–Crippen MR) is 56.2 cm³/mol. The first-order chi connectivity index (χ1) is 7.79. The first-order valence-electron chi connectivity index (χ1n) is 4.18. The van der Waals surface area contributed by atoms with Crippen LogP contribution >= 0.6 is 22.6 Å². The van der Waals surface area contributed by atoms with E-state index in [1.54, 1.807) is 6.07 Å². The molecule has 1 aromatic rings. The van der Waals surface area contributed by atoms with Crippen molar-refractivity contribution in [3.8, 4) is 6.07 Å². The molecular weight excluding hydrogens is 358 g/mol. The average molecular weight is 362 g/mol. The number of rotatable bonds is 2. The van der Waals surface area contributed by atoms with Crippen molar-refractivity contribution < 1.29 is 22.0 Å². The Hall–Kier alpha value is -0.980. The SMILES string of the molecule is N#CCc1c(C(F)F)cnc(C(F)(F)F)c1I. The summed E-state index contributed by atoms with van der Waals surface area (Å²) in [6.07, 6.45) is -7.71. The fourth-order valence-corrected chi connectivity index (χ4v) is 2.13. The van der Waals surface area contributed by atoms with Gasteiger partial charge in [-0.1, -0.05) is 0 Å². The van der Waals surface area contributed by atoms with E-state index < -0.39 is 33.9 Å². The fourth-order valence-electron chi connectivity index (χ4n) is 1.18. The van der Waals surface area contributed by atoms with Crippen LogP contribution in [-0.4, -0.2) is 4.98 Å². The third-order valence-corrected chi connectivity index (χ3v) is 3.08. The molecule has 0 fully saturated rings. The lowest BCUT2D eigenvalue weighted by Gasteiger charge is -2.13. The largest absolute Gasteiger partial charge is 0.434 e. The van der Waals surface area contributed by atoms with Gasteiger partial charge in [0.25, 0.3) is 6.43 Å². The van der Waals surface area contributed by atoms with Crippen molar-refractivity contribution in [3.63, 3.8) is 0 Å². The molecule has 0 amide bonds. The topological polar surface area (TPSA) is 36.7 Å². The van der Waals surface area contributed by atoms with Gasteiger partial charge in [-0.3, -0.25) is 4.98 Å². The highest BCUT2D eigenvalue weighted by Gasteiger charge is 2.37. The molecule has 0 aliphatic rings. The molecule has 0 aromatic carbocycles. The summed E-state index contributed by atoms with van der Waals surface area (Å²) in [6.45, 7) is 0. The summed E-state index contributed by atoms with van der Waals surface area (Å²) in [7, 11) is 0. The highest BCUT2D eigenvalue weighted by atomic mass is 127. The van der Waals surface area contributed by atoms with Gasteiger partial charge in [0.05, 0.1) is 12.5 Å². The molecule has 0 N–H and O–H groups in total. The lowest BCUT2D eigenvalue weighted by Crippen LogP contribution is -2.14. The van der Waals surface area contributed by atoms with Crippen molar-refractivity contribution >= 4 is 22.6 Å². The smallest absolute Gasteiger partial charge is 0.250 e. The number of alkyl halides is 5. The van der Waals surface area contributed by atoms with Gasteiger partial charge in [-0.05, 0) is 28.2 Å². The minimum absolute atomic E-state index is 0.314. The van der Waals surface area contributed by atoms with E-state index in [-0.39, 0.29) is 5.56 Å². The second-order valence-corrected chi connectivity index (χ2v) is 4.07. The Morgan fingerprint density at radius 1 is 1.41 bits per heavy atom. The van der Waals surface area contributed by atoms with E-state index >= 15 is 0 Å². The molecule has 0 aliphatic carbocycles. The summed E-state index contributed by atoms with van der Waals surface area (Å²) >= 11 is 1.28. The molecule has 1 heterocycles. The van der Waals surface area contributed by atoms with Crippen molar-refractivity contribution in [2.45, 2.75) is 19.0 Å². The van der Waals surface area contributed by atoms with E-state index in [0.29, 0.717) is 6.20 Å². The Labute approximate surface area is 107 Å². The molecule has 0 saturated heterocycles. The lowest BCUT2D eigenvalue weighted by atomic mass is 10.1. The molecule has 1 rings (SSSR count). The van der Waals surface area contributed by atoms with Crippen LogP contribution < -0.4 is 0 Å². The van der Waals surface area contributed by atoms with E-state index in [1.165, 1.54) is 22.6 Å². The molecule has 0 bridgehead atoms. The molecule has 0 saturated carbocycles. The van der Waals surface area contributed by atoms with Crippen LogP contribution in [0, 0.1) is 14.9 Å². The Morgan fingerprint density at radius 3 is 2.41 bits per heavy atom. The maximum absolute atomic E-state index is 12.5. The second-order valence-electron chi connectivity index (χ2n) is 2.99. The molecule has 0 aliphatic heterocycles. The number of hydrogen-bond acceptors (Lipinski definition) is 2. The standard InChI is InChI=1S/C9H4F5IN2/c10-8(11)5-3-17-7(9(12,13)14)6(15)4(5)1-2-16/h3,8H,1H2. The molecular formula is C9H4F5IN2. The normalized spacial score (nSPS) is 11.6. The van der Waals surface area contributed by atoms with Crippen LogP contribution in [0.2, 0.25) is 0 Å². The number of nitrogens with zero attached hydrogens (tertiary/aromatic N) is 2. The fraction of sp³-hybridized carbons (Fsp3) is 0.333. The Balaban J connectivity index is 3.45. The zero-order valence-corrected chi connectivity index (χ0v) is 10.2. The van der Waals surface area contributed by atoms with Gasteiger partial charge in [0.2, 0.25) is 0 Å². The summed E-state index contributed by atoms with van der Waals surface area (Å²) in [5, 5.41) is 8.44. The van der Waals surface area contributed by atoms with Crippen molar-refractivity contribution in [3.05, 3.63) is 26.6 Å². The predicted octanol–water partition coefficient (Wildman–Crippen LogP) is 3.71. The Kier molecular flexibility index (Phi) is 4.24. The highest BCUT2D eigenvalue weighted by Crippen LogP contribution is 2.35. The zero-order chi connectivity index (χ0) is 13.2. The van der Waals surface area contributed by atoms with Gasteiger partial charge in [-0.25, -0.2) is 8.78 Å². The summed E-state index contributed by atoms with van der Waals surface area (Å²) in [5.74, 6) is 0. The third-order valence-electron chi connectivity index (χ3n) is 1.91. The van der Waals surface area contributed by atoms with E-state index in [2.05, 4.69) is 4.98 Å². The first kappa shape index (κ1) is 14.1. The first-order valence-corrected chi connectivity index (χ1v) is 5.26. The number of pyridine rings is 1. The summed E-state index contributed by atoms with van der Waals surface area (Å²) in [6, 6.07) is 1.57. The van der Waals surface area contributed by atoms with E-state index in [0.717, 1.165) is 0 Å². The Bertz CT molecular complexity index is 464. The molecule has 0 atom stereocenters. The minimum Gasteiger partial charge on any atom is -0.250 e. The van der Waals surface area contributed by atoms with Crippen LogP contribution in [0.25, 0.3) is 0 Å². The van der Waals surface area contributed by atoms with Crippen LogP contribution in [0.15, 0.2) is 6.20 Å². The molecule has 8 heteroatoms. The van der Waals surface area contributed by atoms with Crippen molar-refractivity contribution in [1.82, 2.24) is 4.98 Å². The zero-order valence-electron chi connectivity index (χ0n) is 8.02. The second kappa shape index (κ2) is 5.12. The van der Waals surface area contributed by atoms with Crippen LogP contribution in [0.1, 0.15) is 23.2 Å². The number of halogens is 6. The molecule has 0 radical (unpaired) electrons. The van der Waals surface area contributed by atoms with Crippen LogP contribution in [-0.2, 0) is 12.6 Å². The maximum atomic E-state index is 12.5. The van der Waals surface area contributed by atoms with E-state index in [4.69, 9.17) is 5.26 Å². The van der Waals surface area contributed by atoms with E-state index in [9.17, 15) is 22.0 Å². The van der Waals surface area contributed by atoms with Crippen LogP contribution in [0.5, 0.6) is 0 Å². The van der Waals surface area contributed by atoms with Gasteiger partial charge < -0.3 is 0 Å². The molecule has 92 valence electrons. The van der Waals surface area contributed by atoms with Crippen molar-refractivity contribution in [1.29, 1.82) is 5.26 Å². The summed E-state index contributed by atoms with van der Waals surface area (Å²) in [5.41, 5.74) is -2.19. The van der Waals surface area contributed by atoms with Crippen LogP contribution in [0.3, 0.4) is 0 Å². The molecule has 0 spiro atoms. The lowest BCUT2D eigenvalue weighted by molar-refractivity contribution is -0.142. The van der Waals surface area contributed by atoms with Gasteiger partial charge in [-0.2, -0.15) is 18.4 Å². The van der Waals surface area contributed by atoms with Crippen LogP contribution in [0.4, 0.5) is 22.0 Å². The van der Waals surface area contributed by atoms with Crippen molar-refractivity contribution in [2.24, 2.45) is 0 Å². The number of nitriles is 1. The Morgan fingerprint density at radius 2 is 2.00 bits per heavy atom. The number of hydrogen-bond donors (Lipinski definition) is 0. The minimum atomic E-state index is -4.72. The average Bonchev–Trinajstić information content (AvgIpc) is 2.18. The van der Waals surface area contributed by atoms with Gasteiger partial charge in [0.1, 0.15) is 0 Å². The molecule has 1 aromatic heterocycles. The summed E-state index contributed by atoms with van der Waals surface area (Å²) < 4.78 is 62.0. The molecule has 17 heavy (non-hydrogen) atoms. The summed E-state index contributed by atoms with van der Waals surface area (Å²) in [4.78, 5) is 2.99. The quantitative estimate of drug-likeness (QED) is 0.594. The monoisotopic (exact) mass is 362 g/mol. The van der Waals surface area contributed by atoms with Gasteiger partial charge in [0, 0.05) is 15.3 Å².